The number of aryl methyl sites for hydroxylation is 1. The first-order chi connectivity index (χ1) is 10.2. The van der Waals surface area contributed by atoms with E-state index in [1.807, 2.05) is 25.1 Å². The number of benzene rings is 1. The van der Waals surface area contributed by atoms with Crippen molar-refractivity contribution in [1.82, 2.24) is 20.2 Å². The van der Waals surface area contributed by atoms with E-state index in [0.29, 0.717) is 17.4 Å². The van der Waals surface area contributed by atoms with E-state index in [2.05, 4.69) is 30.9 Å². The number of nitrogen functional groups attached to an aromatic ring is 1. The van der Waals surface area contributed by atoms with Crippen LogP contribution in [0.15, 0.2) is 24.4 Å². The SMILES string of the molecule is COc1ccc(Nc2nc(NN)nc3[nH]ncc23)cc1C. The summed E-state index contributed by atoms with van der Waals surface area (Å²) < 4.78 is 5.25. The van der Waals surface area contributed by atoms with Gasteiger partial charge in [0.1, 0.15) is 11.6 Å². The van der Waals surface area contributed by atoms with Gasteiger partial charge in [-0.25, -0.2) is 5.84 Å². The Balaban J connectivity index is 2.01. The second-order valence-corrected chi connectivity index (χ2v) is 4.48. The molecule has 0 spiro atoms. The number of fused-ring (bicyclic) bond motifs is 1. The van der Waals surface area contributed by atoms with Gasteiger partial charge in [0.15, 0.2) is 5.65 Å². The number of hydrogen-bond acceptors (Lipinski definition) is 7. The maximum atomic E-state index is 5.38. The zero-order valence-electron chi connectivity index (χ0n) is 11.6. The van der Waals surface area contributed by atoms with Crippen LogP contribution in [-0.4, -0.2) is 27.3 Å². The minimum Gasteiger partial charge on any atom is -0.496 e. The number of H-pyrrole nitrogens is 1. The lowest BCUT2D eigenvalue weighted by atomic mass is 10.2. The van der Waals surface area contributed by atoms with Gasteiger partial charge in [-0.1, -0.05) is 0 Å². The molecular formula is C13H15N7O. The Labute approximate surface area is 120 Å². The molecule has 0 fully saturated rings. The molecule has 0 aliphatic carbocycles. The van der Waals surface area contributed by atoms with Crippen molar-refractivity contribution in [3.63, 3.8) is 0 Å². The molecule has 1 aromatic carbocycles. The van der Waals surface area contributed by atoms with E-state index in [9.17, 15) is 0 Å². The van der Waals surface area contributed by atoms with Crippen molar-refractivity contribution >= 4 is 28.5 Å². The fraction of sp³-hybridized carbons (Fsp3) is 0.154. The van der Waals surface area contributed by atoms with Crippen molar-refractivity contribution in [2.24, 2.45) is 5.84 Å². The van der Waals surface area contributed by atoms with Crippen molar-refractivity contribution in [2.75, 3.05) is 17.9 Å². The molecule has 0 saturated carbocycles. The van der Waals surface area contributed by atoms with Gasteiger partial charge in [0.05, 0.1) is 18.7 Å². The molecule has 21 heavy (non-hydrogen) atoms. The number of anilines is 3. The molecule has 0 atom stereocenters. The first-order valence-corrected chi connectivity index (χ1v) is 6.30. The van der Waals surface area contributed by atoms with E-state index in [1.165, 1.54) is 0 Å². The third kappa shape index (κ3) is 2.43. The summed E-state index contributed by atoms with van der Waals surface area (Å²) in [5.41, 5.74) is 4.95. The summed E-state index contributed by atoms with van der Waals surface area (Å²) in [4.78, 5) is 8.49. The van der Waals surface area contributed by atoms with Crippen molar-refractivity contribution in [3.05, 3.63) is 30.0 Å². The summed E-state index contributed by atoms with van der Waals surface area (Å²) in [5.74, 6) is 7.14. The second kappa shape index (κ2) is 5.25. The Bertz CT molecular complexity index is 783. The Kier molecular flexibility index (Phi) is 3.28. The number of hydrazine groups is 1. The average molecular weight is 285 g/mol. The monoisotopic (exact) mass is 285 g/mol. The number of aromatic amines is 1. The van der Waals surface area contributed by atoms with Gasteiger partial charge in [-0.3, -0.25) is 10.5 Å². The summed E-state index contributed by atoms with van der Waals surface area (Å²) in [6.07, 6.45) is 1.66. The normalized spacial score (nSPS) is 10.6. The van der Waals surface area contributed by atoms with Gasteiger partial charge >= 0.3 is 0 Å². The van der Waals surface area contributed by atoms with Crippen LogP contribution in [0.5, 0.6) is 5.75 Å². The number of nitrogens with zero attached hydrogens (tertiary/aromatic N) is 3. The quantitative estimate of drug-likeness (QED) is 0.426. The fourth-order valence-corrected chi connectivity index (χ4v) is 2.09. The minimum absolute atomic E-state index is 0.305. The Morgan fingerprint density at radius 2 is 2.14 bits per heavy atom. The van der Waals surface area contributed by atoms with Crippen LogP contribution < -0.4 is 21.3 Å². The number of aromatic nitrogens is 4. The Morgan fingerprint density at radius 1 is 1.29 bits per heavy atom. The molecule has 0 amide bonds. The zero-order valence-corrected chi connectivity index (χ0v) is 11.6. The molecule has 0 aliphatic rings. The van der Waals surface area contributed by atoms with Crippen molar-refractivity contribution in [1.29, 1.82) is 0 Å². The standard InChI is InChI=1S/C13H15N7O/c1-7-5-8(3-4-10(7)21-2)16-11-9-6-15-20-12(9)18-13(17-11)19-14/h3-6H,14H2,1-2H3,(H3,15,16,17,18,19,20). The van der Waals surface area contributed by atoms with Crippen LogP contribution in [0.1, 0.15) is 5.56 Å². The topological polar surface area (TPSA) is 114 Å². The van der Waals surface area contributed by atoms with Crippen molar-refractivity contribution in [2.45, 2.75) is 6.92 Å². The summed E-state index contributed by atoms with van der Waals surface area (Å²) in [5, 5.41) is 10.8. The molecule has 0 unspecified atom stereocenters. The van der Waals surface area contributed by atoms with E-state index < -0.39 is 0 Å². The van der Waals surface area contributed by atoms with Crippen molar-refractivity contribution in [3.8, 4) is 5.75 Å². The number of hydrogen-bond donors (Lipinski definition) is 4. The number of methoxy groups -OCH3 is 1. The average Bonchev–Trinajstić information content (AvgIpc) is 2.96. The van der Waals surface area contributed by atoms with E-state index in [0.717, 1.165) is 22.4 Å². The number of nitrogens with two attached hydrogens (primary N) is 1. The highest BCUT2D eigenvalue weighted by Crippen LogP contribution is 2.26. The summed E-state index contributed by atoms with van der Waals surface area (Å²) >= 11 is 0. The van der Waals surface area contributed by atoms with Gasteiger partial charge in [0, 0.05) is 5.69 Å². The predicted octanol–water partition coefficient (Wildman–Crippen LogP) is 1.70. The van der Waals surface area contributed by atoms with E-state index in [4.69, 9.17) is 10.6 Å². The van der Waals surface area contributed by atoms with Gasteiger partial charge in [0.25, 0.3) is 0 Å². The summed E-state index contributed by atoms with van der Waals surface area (Å²) in [6.45, 7) is 1.98. The van der Waals surface area contributed by atoms with Gasteiger partial charge in [-0.05, 0) is 30.7 Å². The van der Waals surface area contributed by atoms with Gasteiger partial charge in [-0.15, -0.1) is 0 Å². The van der Waals surface area contributed by atoms with Crippen LogP contribution in [0, 0.1) is 6.92 Å². The highest BCUT2D eigenvalue weighted by atomic mass is 16.5. The van der Waals surface area contributed by atoms with Crippen LogP contribution in [0.2, 0.25) is 0 Å². The lowest BCUT2D eigenvalue weighted by molar-refractivity contribution is 0.412. The largest absolute Gasteiger partial charge is 0.496 e. The van der Waals surface area contributed by atoms with E-state index >= 15 is 0 Å². The summed E-state index contributed by atoms with van der Waals surface area (Å²) in [7, 11) is 1.65. The van der Waals surface area contributed by atoms with Gasteiger partial charge in [0.2, 0.25) is 5.95 Å². The molecule has 108 valence electrons. The van der Waals surface area contributed by atoms with Crippen LogP contribution in [-0.2, 0) is 0 Å². The van der Waals surface area contributed by atoms with Crippen molar-refractivity contribution < 1.29 is 4.74 Å². The number of ether oxygens (including phenoxy) is 1. The Morgan fingerprint density at radius 3 is 2.86 bits per heavy atom. The lowest BCUT2D eigenvalue weighted by Gasteiger charge is -2.10. The number of rotatable bonds is 4. The van der Waals surface area contributed by atoms with Crippen LogP contribution in [0.25, 0.3) is 11.0 Å². The molecule has 3 rings (SSSR count). The molecule has 2 heterocycles. The second-order valence-electron chi connectivity index (χ2n) is 4.48. The predicted molar refractivity (Wildman–Crippen MR) is 80.5 cm³/mol. The fourth-order valence-electron chi connectivity index (χ4n) is 2.09. The smallest absolute Gasteiger partial charge is 0.241 e. The van der Waals surface area contributed by atoms with Crippen LogP contribution >= 0.6 is 0 Å². The molecule has 3 aromatic rings. The molecule has 0 saturated heterocycles. The van der Waals surface area contributed by atoms with Crippen LogP contribution in [0.4, 0.5) is 17.5 Å². The lowest BCUT2D eigenvalue weighted by Crippen LogP contribution is -2.11. The highest BCUT2D eigenvalue weighted by Gasteiger charge is 2.10. The molecule has 2 aromatic heterocycles. The molecule has 0 aliphatic heterocycles. The molecule has 8 heteroatoms. The van der Waals surface area contributed by atoms with Crippen LogP contribution in [0.3, 0.4) is 0 Å². The molecule has 5 N–H and O–H groups in total. The molecule has 8 nitrogen and oxygen atoms in total. The first-order valence-electron chi connectivity index (χ1n) is 6.30. The molecular weight excluding hydrogens is 270 g/mol. The van der Waals surface area contributed by atoms with E-state index in [1.54, 1.807) is 13.3 Å². The number of nitrogens with one attached hydrogen (secondary N) is 3. The van der Waals surface area contributed by atoms with E-state index in [-0.39, 0.29) is 0 Å². The summed E-state index contributed by atoms with van der Waals surface area (Å²) in [6, 6.07) is 5.78. The highest BCUT2D eigenvalue weighted by molar-refractivity contribution is 5.89. The minimum atomic E-state index is 0.305. The maximum Gasteiger partial charge on any atom is 0.241 e. The molecule has 0 radical (unpaired) electrons. The maximum absolute atomic E-state index is 5.38. The first kappa shape index (κ1) is 13.1. The molecule has 0 bridgehead atoms. The zero-order chi connectivity index (χ0) is 14.8. The third-order valence-corrected chi connectivity index (χ3v) is 3.10. The van der Waals surface area contributed by atoms with Gasteiger partial charge in [-0.2, -0.15) is 15.1 Å². The third-order valence-electron chi connectivity index (χ3n) is 3.10. The van der Waals surface area contributed by atoms with Gasteiger partial charge < -0.3 is 10.1 Å². The Hall–Kier alpha value is -2.87.